The molecular formula is C15H11NOS. The van der Waals surface area contributed by atoms with Gasteiger partial charge in [0.25, 0.3) is 0 Å². The van der Waals surface area contributed by atoms with Crippen LogP contribution in [0.5, 0.6) is 5.75 Å². The Morgan fingerprint density at radius 1 is 0.944 bits per heavy atom. The van der Waals surface area contributed by atoms with Crippen molar-refractivity contribution in [2.75, 3.05) is 0 Å². The van der Waals surface area contributed by atoms with Crippen molar-refractivity contribution in [3.63, 3.8) is 0 Å². The minimum Gasteiger partial charge on any atom is -0.438 e. The molecule has 1 aliphatic heterocycles. The maximum atomic E-state index is 5.85. The third kappa shape index (κ3) is 2.31. The fourth-order valence-electron chi connectivity index (χ4n) is 1.78. The van der Waals surface area contributed by atoms with Gasteiger partial charge in [0.2, 0.25) is 5.90 Å². The van der Waals surface area contributed by atoms with Gasteiger partial charge in [0, 0.05) is 23.4 Å². The van der Waals surface area contributed by atoms with Crippen LogP contribution in [-0.4, -0.2) is 5.90 Å². The molecule has 0 bridgehead atoms. The van der Waals surface area contributed by atoms with Gasteiger partial charge in [-0.15, -0.1) is 0 Å². The molecule has 0 radical (unpaired) electrons. The predicted octanol–water partition coefficient (Wildman–Crippen LogP) is 4.35. The first-order valence-corrected chi connectivity index (χ1v) is 6.50. The van der Waals surface area contributed by atoms with E-state index in [4.69, 9.17) is 4.74 Å². The molecule has 0 saturated carbocycles. The lowest BCUT2D eigenvalue weighted by Crippen LogP contribution is -2.04. The molecule has 2 aromatic carbocycles. The molecular weight excluding hydrogens is 242 g/mol. The number of ether oxygens (including phenoxy) is 1. The van der Waals surface area contributed by atoms with E-state index in [1.54, 1.807) is 0 Å². The van der Waals surface area contributed by atoms with E-state index < -0.39 is 0 Å². The summed E-state index contributed by atoms with van der Waals surface area (Å²) in [7, 11) is 0. The fourth-order valence-corrected chi connectivity index (χ4v) is 2.21. The normalized spacial score (nSPS) is 14.3. The van der Waals surface area contributed by atoms with Crippen molar-refractivity contribution >= 4 is 28.6 Å². The molecule has 1 aliphatic rings. The lowest BCUT2D eigenvalue weighted by atomic mass is 10.1. The van der Waals surface area contributed by atoms with E-state index in [-0.39, 0.29) is 0 Å². The highest BCUT2D eigenvalue weighted by Crippen LogP contribution is 2.26. The van der Waals surface area contributed by atoms with Crippen molar-refractivity contribution in [3.05, 3.63) is 66.1 Å². The number of hydrogen-bond acceptors (Lipinski definition) is 3. The van der Waals surface area contributed by atoms with E-state index in [2.05, 4.69) is 22.6 Å². The van der Waals surface area contributed by atoms with Crippen molar-refractivity contribution in [2.24, 2.45) is 4.40 Å². The maximum Gasteiger partial charge on any atom is 0.226 e. The summed E-state index contributed by atoms with van der Waals surface area (Å²) >= 11 is 1.37. The second-order valence-electron chi connectivity index (χ2n) is 3.80. The van der Waals surface area contributed by atoms with Crippen LogP contribution in [0.1, 0.15) is 0 Å². The average Bonchev–Trinajstić information content (AvgIpc) is 2.68. The van der Waals surface area contributed by atoms with E-state index in [0.717, 1.165) is 11.1 Å². The van der Waals surface area contributed by atoms with E-state index in [1.165, 1.54) is 17.3 Å². The van der Waals surface area contributed by atoms with E-state index >= 15 is 0 Å². The average molecular weight is 253 g/mol. The molecule has 2 nitrogen and oxygen atoms in total. The molecule has 0 amide bonds. The van der Waals surface area contributed by atoms with Crippen LogP contribution in [0.25, 0.3) is 10.8 Å². The van der Waals surface area contributed by atoms with E-state index in [9.17, 15) is 0 Å². The van der Waals surface area contributed by atoms with Crippen LogP contribution in [0, 0.1) is 0 Å². The number of allylic oxidation sites excluding steroid dienone is 2. The molecule has 0 N–H and O–H groups in total. The molecule has 88 valence electrons. The van der Waals surface area contributed by atoms with Crippen LogP contribution in [-0.2, 0) is 0 Å². The summed E-state index contributed by atoms with van der Waals surface area (Å²) < 4.78 is 10.1. The standard InChI is InChI=1S/C15H11NOS/c1-2-8-13-12(6-1)7-5-9-14(13)17-15-10-3-4-11-18-16-15/h1-11H. The topological polar surface area (TPSA) is 21.6 Å². The van der Waals surface area contributed by atoms with E-state index in [1.807, 2.05) is 47.9 Å². The second kappa shape index (κ2) is 5.10. The zero-order chi connectivity index (χ0) is 12.2. The molecule has 2 aromatic rings. The Labute approximate surface area is 110 Å². The van der Waals surface area contributed by atoms with Crippen molar-refractivity contribution in [1.29, 1.82) is 0 Å². The number of rotatable bonds is 1. The SMILES string of the molecule is C1=CSN=C(Oc2cccc3ccccc23)C=C1. The minimum atomic E-state index is 0.612. The number of benzene rings is 2. The Bertz CT molecular complexity index is 653. The van der Waals surface area contributed by atoms with Crippen LogP contribution >= 0.6 is 11.9 Å². The first-order valence-electron chi connectivity index (χ1n) is 5.66. The van der Waals surface area contributed by atoms with Gasteiger partial charge >= 0.3 is 0 Å². The van der Waals surface area contributed by atoms with Crippen LogP contribution in [0.15, 0.2) is 70.5 Å². The molecule has 0 spiro atoms. The molecule has 3 heteroatoms. The molecule has 18 heavy (non-hydrogen) atoms. The Balaban J connectivity index is 1.98. The lowest BCUT2D eigenvalue weighted by Gasteiger charge is -2.07. The molecule has 0 unspecified atom stereocenters. The zero-order valence-electron chi connectivity index (χ0n) is 9.61. The monoisotopic (exact) mass is 253 g/mol. The van der Waals surface area contributed by atoms with Gasteiger partial charge in [-0.05, 0) is 16.9 Å². The van der Waals surface area contributed by atoms with Gasteiger partial charge in [0.1, 0.15) is 5.75 Å². The molecule has 0 atom stereocenters. The third-order valence-corrected chi connectivity index (χ3v) is 3.16. The van der Waals surface area contributed by atoms with Crippen LogP contribution < -0.4 is 4.74 Å². The van der Waals surface area contributed by atoms with Gasteiger partial charge in [0.15, 0.2) is 0 Å². The molecule has 0 aliphatic carbocycles. The van der Waals surface area contributed by atoms with Crippen molar-refractivity contribution in [1.82, 2.24) is 0 Å². The maximum absolute atomic E-state index is 5.85. The summed E-state index contributed by atoms with van der Waals surface area (Å²) in [6, 6.07) is 14.2. The van der Waals surface area contributed by atoms with Gasteiger partial charge in [-0.3, -0.25) is 0 Å². The fraction of sp³-hybridized carbons (Fsp3) is 0. The smallest absolute Gasteiger partial charge is 0.226 e. The zero-order valence-corrected chi connectivity index (χ0v) is 10.4. The summed E-state index contributed by atoms with van der Waals surface area (Å²) in [5, 5.41) is 4.17. The summed E-state index contributed by atoms with van der Waals surface area (Å²) in [4.78, 5) is 0. The summed E-state index contributed by atoms with van der Waals surface area (Å²) in [6.45, 7) is 0. The van der Waals surface area contributed by atoms with Crippen molar-refractivity contribution in [2.45, 2.75) is 0 Å². The van der Waals surface area contributed by atoms with Crippen molar-refractivity contribution in [3.8, 4) is 5.75 Å². The predicted molar refractivity (Wildman–Crippen MR) is 77.9 cm³/mol. The highest BCUT2D eigenvalue weighted by Gasteiger charge is 2.04. The van der Waals surface area contributed by atoms with Gasteiger partial charge < -0.3 is 4.74 Å². The highest BCUT2D eigenvalue weighted by atomic mass is 32.2. The Morgan fingerprint density at radius 2 is 1.83 bits per heavy atom. The van der Waals surface area contributed by atoms with Crippen LogP contribution in [0.2, 0.25) is 0 Å². The minimum absolute atomic E-state index is 0.612. The number of hydrogen-bond donors (Lipinski definition) is 0. The van der Waals surface area contributed by atoms with Crippen LogP contribution in [0.4, 0.5) is 0 Å². The highest BCUT2D eigenvalue weighted by molar-refractivity contribution is 8.01. The second-order valence-corrected chi connectivity index (χ2v) is 4.47. The molecule has 1 heterocycles. The van der Waals surface area contributed by atoms with Gasteiger partial charge in [-0.2, -0.15) is 4.40 Å². The Morgan fingerprint density at radius 3 is 2.83 bits per heavy atom. The summed E-state index contributed by atoms with van der Waals surface area (Å²) in [5.41, 5.74) is 0. The van der Waals surface area contributed by atoms with Crippen LogP contribution in [0.3, 0.4) is 0 Å². The number of nitrogens with zero attached hydrogens (tertiary/aromatic N) is 1. The third-order valence-electron chi connectivity index (χ3n) is 2.60. The molecule has 0 fully saturated rings. The van der Waals surface area contributed by atoms with Gasteiger partial charge in [-0.1, -0.05) is 48.6 Å². The summed E-state index contributed by atoms with van der Waals surface area (Å²) in [6.07, 6.45) is 5.72. The largest absolute Gasteiger partial charge is 0.438 e. The van der Waals surface area contributed by atoms with Gasteiger partial charge in [-0.25, -0.2) is 0 Å². The van der Waals surface area contributed by atoms with E-state index in [0.29, 0.717) is 5.90 Å². The first kappa shape index (κ1) is 11.1. The molecule has 0 saturated heterocycles. The Kier molecular flexibility index (Phi) is 3.15. The van der Waals surface area contributed by atoms with Gasteiger partial charge in [0.05, 0.1) is 0 Å². The molecule has 0 aromatic heterocycles. The summed E-state index contributed by atoms with van der Waals surface area (Å²) in [5.74, 6) is 1.44. The first-order chi connectivity index (χ1) is 8.93. The lowest BCUT2D eigenvalue weighted by molar-refractivity contribution is 0.564. The van der Waals surface area contributed by atoms with Crippen molar-refractivity contribution < 1.29 is 4.74 Å². The number of fused-ring (bicyclic) bond motifs is 1. The Hall–Kier alpha value is -2.00. The quantitative estimate of drug-likeness (QED) is 0.705. The molecule has 3 rings (SSSR count).